The van der Waals surface area contributed by atoms with Gasteiger partial charge in [-0.15, -0.1) is 5.10 Å². The van der Waals surface area contributed by atoms with E-state index in [1.807, 2.05) is 44.2 Å². The Morgan fingerprint density at radius 2 is 1.95 bits per heavy atom. The van der Waals surface area contributed by atoms with Crippen LogP contribution in [0.2, 0.25) is 0 Å². The second-order valence-electron chi connectivity index (χ2n) is 4.70. The van der Waals surface area contributed by atoms with E-state index in [9.17, 15) is 0 Å². The molecule has 0 bridgehead atoms. The fourth-order valence-corrected chi connectivity index (χ4v) is 1.98. The van der Waals surface area contributed by atoms with Crippen molar-refractivity contribution in [3.63, 3.8) is 0 Å². The lowest BCUT2D eigenvalue weighted by atomic mass is 10.3. The molecule has 0 saturated heterocycles. The van der Waals surface area contributed by atoms with Gasteiger partial charge in [0.1, 0.15) is 5.76 Å². The zero-order chi connectivity index (χ0) is 14.7. The number of rotatable bonds is 5. The molecule has 2 aromatic heterocycles. The Hall–Kier alpha value is -2.54. The van der Waals surface area contributed by atoms with Crippen molar-refractivity contribution in [2.24, 2.45) is 0 Å². The molecular weight excluding hydrogens is 268 g/mol. The molecule has 0 fully saturated rings. The van der Waals surface area contributed by atoms with Crippen molar-refractivity contribution in [1.82, 2.24) is 30.5 Å². The van der Waals surface area contributed by atoms with Crippen LogP contribution in [0.4, 0.5) is 0 Å². The van der Waals surface area contributed by atoms with Crippen LogP contribution < -0.4 is 5.32 Å². The zero-order valence-electron chi connectivity index (χ0n) is 11.9. The van der Waals surface area contributed by atoms with Crippen molar-refractivity contribution in [2.75, 3.05) is 0 Å². The summed E-state index contributed by atoms with van der Waals surface area (Å²) in [5, 5.41) is 15.0. The molecule has 108 valence electrons. The largest absolute Gasteiger partial charge is 0.444 e. The highest BCUT2D eigenvalue weighted by atomic mass is 16.4. The molecule has 0 saturated carbocycles. The molecule has 0 spiro atoms. The molecule has 3 aromatic rings. The molecule has 21 heavy (non-hydrogen) atoms. The summed E-state index contributed by atoms with van der Waals surface area (Å²) >= 11 is 0. The molecule has 0 aliphatic carbocycles. The van der Waals surface area contributed by atoms with Gasteiger partial charge in [0.2, 0.25) is 5.89 Å². The summed E-state index contributed by atoms with van der Waals surface area (Å²) in [7, 11) is 0. The second kappa shape index (κ2) is 5.84. The average molecular weight is 284 g/mol. The average Bonchev–Trinajstić information content (AvgIpc) is 3.08. The molecule has 2 heterocycles. The Kier molecular flexibility index (Phi) is 3.74. The Labute approximate surface area is 122 Å². The fraction of sp³-hybridized carbons (Fsp3) is 0.286. The summed E-state index contributed by atoms with van der Waals surface area (Å²) < 4.78 is 7.22. The molecule has 0 amide bonds. The molecule has 1 N–H and O–H groups in total. The first kappa shape index (κ1) is 13.4. The minimum atomic E-state index is 0.530. The molecule has 0 aliphatic rings. The van der Waals surface area contributed by atoms with E-state index in [2.05, 4.69) is 25.8 Å². The highest BCUT2D eigenvalue weighted by molar-refractivity contribution is 5.30. The van der Waals surface area contributed by atoms with Gasteiger partial charge in [-0.2, -0.15) is 4.68 Å². The smallest absolute Gasteiger partial charge is 0.208 e. The van der Waals surface area contributed by atoms with E-state index in [1.54, 1.807) is 4.68 Å². The van der Waals surface area contributed by atoms with Crippen molar-refractivity contribution in [3.05, 3.63) is 53.5 Å². The van der Waals surface area contributed by atoms with Crippen molar-refractivity contribution in [3.8, 4) is 5.69 Å². The van der Waals surface area contributed by atoms with Crippen molar-refractivity contribution in [2.45, 2.75) is 26.9 Å². The molecule has 1 aromatic carbocycles. The van der Waals surface area contributed by atoms with Crippen LogP contribution in [0.5, 0.6) is 0 Å². The van der Waals surface area contributed by atoms with Crippen LogP contribution in [0.15, 0.2) is 34.7 Å². The third-order valence-electron chi connectivity index (χ3n) is 3.17. The number of oxazole rings is 1. The van der Waals surface area contributed by atoms with Crippen molar-refractivity contribution >= 4 is 0 Å². The van der Waals surface area contributed by atoms with E-state index in [0.717, 1.165) is 23.0 Å². The second-order valence-corrected chi connectivity index (χ2v) is 4.70. The van der Waals surface area contributed by atoms with Crippen molar-refractivity contribution in [1.29, 1.82) is 0 Å². The highest BCUT2D eigenvalue weighted by Gasteiger charge is 2.09. The maximum absolute atomic E-state index is 5.52. The zero-order valence-corrected chi connectivity index (χ0v) is 11.9. The molecule has 3 rings (SSSR count). The lowest BCUT2D eigenvalue weighted by Crippen LogP contribution is -2.17. The fourth-order valence-electron chi connectivity index (χ4n) is 1.98. The minimum Gasteiger partial charge on any atom is -0.444 e. The maximum atomic E-state index is 5.52. The quantitative estimate of drug-likeness (QED) is 0.765. The van der Waals surface area contributed by atoms with E-state index in [4.69, 9.17) is 4.42 Å². The lowest BCUT2D eigenvalue weighted by molar-refractivity contribution is 0.446. The number of nitrogens with zero attached hydrogens (tertiary/aromatic N) is 5. The summed E-state index contributed by atoms with van der Waals surface area (Å²) in [6.07, 6.45) is 0. The van der Waals surface area contributed by atoms with Gasteiger partial charge in [0.15, 0.2) is 5.82 Å². The van der Waals surface area contributed by atoms with Crippen molar-refractivity contribution < 1.29 is 4.42 Å². The van der Waals surface area contributed by atoms with E-state index < -0.39 is 0 Å². The topological polar surface area (TPSA) is 81.7 Å². The van der Waals surface area contributed by atoms with Crippen LogP contribution >= 0.6 is 0 Å². The van der Waals surface area contributed by atoms with Gasteiger partial charge in [-0.05, 0) is 36.4 Å². The lowest BCUT2D eigenvalue weighted by Gasteiger charge is -2.04. The van der Waals surface area contributed by atoms with Crippen LogP contribution in [0, 0.1) is 13.8 Å². The number of hydrogen-bond acceptors (Lipinski definition) is 6. The SMILES string of the molecule is Cc1nc(CNCc2nnnn2-c2ccccc2)oc1C. The Bertz CT molecular complexity index is 699. The predicted octanol–water partition coefficient (Wildman–Crippen LogP) is 1.56. The van der Waals surface area contributed by atoms with Gasteiger partial charge in [-0.1, -0.05) is 18.2 Å². The van der Waals surface area contributed by atoms with Crippen LogP contribution in [0.1, 0.15) is 23.2 Å². The molecule has 0 aliphatic heterocycles. The molecule has 0 unspecified atom stereocenters. The van der Waals surface area contributed by atoms with Crippen LogP contribution in [0.25, 0.3) is 5.69 Å². The van der Waals surface area contributed by atoms with Gasteiger partial charge in [0.25, 0.3) is 0 Å². The van der Waals surface area contributed by atoms with Gasteiger partial charge in [0.05, 0.1) is 24.5 Å². The Morgan fingerprint density at radius 1 is 1.14 bits per heavy atom. The first-order valence-electron chi connectivity index (χ1n) is 6.70. The van der Waals surface area contributed by atoms with Gasteiger partial charge in [0, 0.05) is 0 Å². The third kappa shape index (κ3) is 2.97. The third-order valence-corrected chi connectivity index (χ3v) is 3.17. The number of nitrogens with one attached hydrogen (secondary N) is 1. The Balaban J connectivity index is 1.65. The first-order chi connectivity index (χ1) is 10.2. The number of hydrogen-bond donors (Lipinski definition) is 1. The minimum absolute atomic E-state index is 0.530. The molecule has 0 atom stereocenters. The molecular formula is C14H16N6O. The molecule has 7 nitrogen and oxygen atoms in total. The molecule has 0 radical (unpaired) electrons. The standard InChI is InChI=1S/C14H16N6O/c1-10-11(2)21-14(16-10)9-15-8-13-17-18-19-20(13)12-6-4-3-5-7-12/h3-7,15H,8-9H2,1-2H3. The number of para-hydroxylation sites is 1. The molecule has 7 heteroatoms. The number of aryl methyl sites for hydroxylation is 2. The summed E-state index contributed by atoms with van der Waals surface area (Å²) in [5.74, 6) is 2.26. The summed E-state index contributed by atoms with van der Waals surface area (Å²) in [6, 6.07) is 9.78. The predicted molar refractivity (Wildman–Crippen MR) is 75.7 cm³/mol. The number of aromatic nitrogens is 5. The van der Waals surface area contributed by atoms with E-state index in [1.165, 1.54) is 0 Å². The maximum Gasteiger partial charge on any atom is 0.208 e. The van der Waals surface area contributed by atoms with Crippen LogP contribution in [0.3, 0.4) is 0 Å². The summed E-state index contributed by atoms with van der Waals surface area (Å²) in [5.41, 5.74) is 1.85. The van der Waals surface area contributed by atoms with E-state index in [-0.39, 0.29) is 0 Å². The highest BCUT2D eigenvalue weighted by Crippen LogP contribution is 2.09. The summed E-state index contributed by atoms with van der Waals surface area (Å²) in [6.45, 7) is 4.90. The monoisotopic (exact) mass is 284 g/mol. The van der Waals surface area contributed by atoms with Crippen LogP contribution in [-0.4, -0.2) is 25.2 Å². The summed E-state index contributed by atoms with van der Waals surface area (Å²) in [4.78, 5) is 4.32. The van der Waals surface area contributed by atoms with Gasteiger partial charge in [-0.25, -0.2) is 4.98 Å². The number of benzene rings is 1. The van der Waals surface area contributed by atoms with E-state index >= 15 is 0 Å². The van der Waals surface area contributed by atoms with Gasteiger partial charge in [-0.3, -0.25) is 0 Å². The normalized spacial score (nSPS) is 11.0. The van der Waals surface area contributed by atoms with Crippen LogP contribution in [-0.2, 0) is 13.1 Å². The van der Waals surface area contributed by atoms with Gasteiger partial charge < -0.3 is 9.73 Å². The van der Waals surface area contributed by atoms with E-state index in [0.29, 0.717) is 19.0 Å². The Morgan fingerprint density at radius 3 is 2.67 bits per heavy atom. The van der Waals surface area contributed by atoms with Gasteiger partial charge >= 0.3 is 0 Å². The first-order valence-corrected chi connectivity index (χ1v) is 6.70. The number of tetrazole rings is 1.